The number of nitrogens with zero attached hydrogens (tertiary/aromatic N) is 3. The molecule has 0 aliphatic carbocycles. The summed E-state index contributed by atoms with van der Waals surface area (Å²) < 4.78 is 10.3. The van der Waals surface area contributed by atoms with E-state index in [2.05, 4.69) is 9.80 Å². The molecular weight excluding hydrogens is 286 g/mol. The molecule has 0 spiro atoms. The van der Waals surface area contributed by atoms with Crippen molar-refractivity contribution in [3.63, 3.8) is 0 Å². The summed E-state index contributed by atoms with van der Waals surface area (Å²) in [5.41, 5.74) is 0.929. The van der Waals surface area contributed by atoms with Crippen molar-refractivity contribution in [2.75, 3.05) is 53.6 Å². The van der Waals surface area contributed by atoms with Gasteiger partial charge >= 0.3 is 5.69 Å². The first-order valence-electron chi connectivity index (χ1n) is 7.40. The minimum absolute atomic E-state index is 0.0154. The standard InChI is InChI=1S/C15H23N3O4/c1-16(5-6-17-7-9-22-10-8-17)12-13-3-4-15(21-2)14(11-13)18(19)20/h3-4,11H,5-10,12H2,1-2H3. The molecule has 0 unspecified atom stereocenters. The highest BCUT2D eigenvalue weighted by Crippen LogP contribution is 2.27. The molecule has 1 heterocycles. The van der Waals surface area contributed by atoms with Crippen molar-refractivity contribution in [3.05, 3.63) is 33.9 Å². The second-order valence-corrected chi connectivity index (χ2v) is 5.46. The van der Waals surface area contributed by atoms with Crippen molar-refractivity contribution in [2.24, 2.45) is 0 Å². The molecule has 0 saturated carbocycles. The largest absolute Gasteiger partial charge is 0.490 e. The monoisotopic (exact) mass is 309 g/mol. The van der Waals surface area contributed by atoms with Gasteiger partial charge in [0, 0.05) is 38.8 Å². The number of morpholine rings is 1. The minimum atomic E-state index is -0.407. The molecule has 0 bridgehead atoms. The van der Waals surface area contributed by atoms with Crippen LogP contribution in [0.3, 0.4) is 0 Å². The summed E-state index contributed by atoms with van der Waals surface area (Å²) in [6.45, 7) is 6.12. The fourth-order valence-electron chi connectivity index (χ4n) is 2.50. The molecular formula is C15H23N3O4. The van der Waals surface area contributed by atoms with Gasteiger partial charge in [0.05, 0.1) is 25.2 Å². The maximum atomic E-state index is 11.0. The van der Waals surface area contributed by atoms with Crippen LogP contribution in [-0.2, 0) is 11.3 Å². The van der Waals surface area contributed by atoms with Crippen LogP contribution in [0.25, 0.3) is 0 Å². The number of nitro benzene ring substituents is 1. The SMILES string of the molecule is COc1ccc(CN(C)CCN2CCOCC2)cc1[N+](=O)[O-]. The zero-order chi connectivity index (χ0) is 15.9. The van der Waals surface area contributed by atoms with Crippen molar-refractivity contribution in [2.45, 2.75) is 6.54 Å². The molecule has 1 aromatic carbocycles. The van der Waals surface area contributed by atoms with Crippen LogP contribution in [0.1, 0.15) is 5.56 Å². The molecule has 0 aromatic heterocycles. The van der Waals surface area contributed by atoms with Gasteiger partial charge in [-0.1, -0.05) is 6.07 Å². The van der Waals surface area contributed by atoms with Gasteiger partial charge in [0.1, 0.15) is 0 Å². The minimum Gasteiger partial charge on any atom is -0.490 e. The van der Waals surface area contributed by atoms with E-state index in [1.165, 1.54) is 7.11 Å². The summed E-state index contributed by atoms with van der Waals surface area (Å²) in [4.78, 5) is 15.2. The third-order valence-corrected chi connectivity index (χ3v) is 3.79. The van der Waals surface area contributed by atoms with Crippen molar-refractivity contribution < 1.29 is 14.4 Å². The molecule has 2 rings (SSSR count). The van der Waals surface area contributed by atoms with E-state index >= 15 is 0 Å². The van der Waals surface area contributed by atoms with Gasteiger partial charge in [-0.05, 0) is 18.7 Å². The maximum absolute atomic E-state index is 11.0. The predicted octanol–water partition coefficient (Wildman–Crippen LogP) is 1.37. The Kier molecular flexibility index (Phi) is 6.11. The van der Waals surface area contributed by atoms with Crippen molar-refractivity contribution in [1.29, 1.82) is 0 Å². The van der Waals surface area contributed by atoms with Gasteiger partial charge < -0.3 is 14.4 Å². The van der Waals surface area contributed by atoms with Crippen molar-refractivity contribution >= 4 is 5.69 Å². The highest BCUT2D eigenvalue weighted by Gasteiger charge is 2.16. The summed E-state index contributed by atoms with van der Waals surface area (Å²) in [7, 11) is 3.47. The normalized spacial score (nSPS) is 16.0. The Morgan fingerprint density at radius 3 is 2.77 bits per heavy atom. The number of rotatable bonds is 7. The average Bonchev–Trinajstić information content (AvgIpc) is 2.54. The summed E-state index contributed by atoms with van der Waals surface area (Å²) in [5, 5.41) is 11.0. The Bertz CT molecular complexity index is 504. The molecule has 7 nitrogen and oxygen atoms in total. The van der Waals surface area contributed by atoms with E-state index in [0.29, 0.717) is 12.3 Å². The Labute approximate surface area is 130 Å². The molecule has 0 amide bonds. The molecule has 22 heavy (non-hydrogen) atoms. The molecule has 1 saturated heterocycles. The molecule has 122 valence electrons. The fourth-order valence-corrected chi connectivity index (χ4v) is 2.50. The van der Waals surface area contributed by atoms with Gasteiger partial charge in [-0.25, -0.2) is 0 Å². The summed E-state index contributed by atoms with van der Waals surface area (Å²) >= 11 is 0. The smallest absolute Gasteiger partial charge is 0.311 e. The average molecular weight is 309 g/mol. The quantitative estimate of drug-likeness (QED) is 0.560. The number of hydrogen-bond donors (Lipinski definition) is 0. The van der Waals surface area contributed by atoms with E-state index < -0.39 is 4.92 Å². The highest BCUT2D eigenvalue weighted by atomic mass is 16.6. The molecule has 1 aromatic rings. The number of methoxy groups -OCH3 is 1. The Morgan fingerprint density at radius 1 is 1.41 bits per heavy atom. The Hall–Kier alpha value is -1.70. The third kappa shape index (κ3) is 4.66. The Balaban J connectivity index is 1.89. The van der Waals surface area contributed by atoms with E-state index in [1.54, 1.807) is 12.1 Å². The zero-order valence-electron chi connectivity index (χ0n) is 13.2. The van der Waals surface area contributed by atoms with Crippen LogP contribution in [-0.4, -0.2) is 68.3 Å². The first kappa shape index (κ1) is 16.7. The van der Waals surface area contributed by atoms with Crippen LogP contribution in [0.2, 0.25) is 0 Å². The van der Waals surface area contributed by atoms with E-state index in [0.717, 1.165) is 45.0 Å². The molecule has 0 radical (unpaired) electrons. The maximum Gasteiger partial charge on any atom is 0.311 e. The molecule has 0 atom stereocenters. The van der Waals surface area contributed by atoms with Crippen LogP contribution >= 0.6 is 0 Å². The number of likely N-dealkylation sites (N-methyl/N-ethyl adjacent to an activating group) is 1. The number of benzene rings is 1. The lowest BCUT2D eigenvalue weighted by Gasteiger charge is -2.28. The van der Waals surface area contributed by atoms with Gasteiger partial charge in [0.2, 0.25) is 0 Å². The second kappa shape index (κ2) is 8.07. The van der Waals surface area contributed by atoms with Crippen LogP contribution in [0.5, 0.6) is 5.75 Å². The predicted molar refractivity (Wildman–Crippen MR) is 83.2 cm³/mol. The molecule has 1 aliphatic rings. The fraction of sp³-hybridized carbons (Fsp3) is 0.600. The van der Waals surface area contributed by atoms with Crippen LogP contribution < -0.4 is 4.74 Å². The highest BCUT2D eigenvalue weighted by molar-refractivity contribution is 5.48. The van der Waals surface area contributed by atoms with Gasteiger partial charge in [-0.2, -0.15) is 0 Å². The Morgan fingerprint density at radius 2 is 2.14 bits per heavy atom. The lowest BCUT2D eigenvalue weighted by molar-refractivity contribution is -0.385. The van der Waals surface area contributed by atoms with E-state index in [-0.39, 0.29) is 5.69 Å². The molecule has 7 heteroatoms. The zero-order valence-corrected chi connectivity index (χ0v) is 13.2. The summed E-state index contributed by atoms with van der Waals surface area (Å²) in [6, 6.07) is 5.12. The number of nitro groups is 1. The lowest BCUT2D eigenvalue weighted by atomic mass is 10.1. The van der Waals surface area contributed by atoms with Gasteiger partial charge in [0.15, 0.2) is 5.75 Å². The molecule has 1 fully saturated rings. The number of ether oxygens (including phenoxy) is 2. The first-order valence-corrected chi connectivity index (χ1v) is 7.40. The van der Waals surface area contributed by atoms with Gasteiger partial charge in [-0.3, -0.25) is 15.0 Å². The van der Waals surface area contributed by atoms with Gasteiger partial charge in [-0.15, -0.1) is 0 Å². The van der Waals surface area contributed by atoms with E-state index in [1.807, 2.05) is 13.1 Å². The lowest BCUT2D eigenvalue weighted by Crippen LogP contribution is -2.40. The number of hydrogen-bond acceptors (Lipinski definition) is 6. The second-order valence-electron chi connectivity index (χ2n) is 5.46. The topological polar surface area (TPSA) is 68.1 Å². The van der Waals surface area contributed by atoms with Crippen LogP contribution in [0.15, 0.2) is 18.2 Å². The van der Waals surface area contributed by atoms with E-state index in [4.69, 9.17) is 9.47 Å². The molecule has 1 aliphatic heterocycles. The summed E-state index contributed by atoms with van der Waals surface area (Å²) in [6.07, 6.45) is 0. The van der Waals surface area contributed by atoms with Crippen molar-refractivity contribution in [1.82, 2.24) is 9.80 Å². The van der Waals surface area contributed by atoms with Crippen LogP contribution in [0.4, 0.5) is 5.69 Å². The van der Waals surface area contributed by atoms with Crippen molar-refractivity contribution in [3.8, 4) is 5.75 Å². The third-order valence-electron chi connectivity index (χ3n) is 3.79. The van der Waals surface area contributed by atoms with E-state index in [9.17, 15) is 10.1 Å². The molecule has 0 N–H and O–H groups in total. The van der Waals surface area contributed by atoms with Crippen LogP contribution in [0, 0.1) is 10.1 Å². The van der Waals surface area contributed by atoms with Gasteiger partial charge in [0.25, 0.3) is 0 Å². The first-order chi connectivity index (χ1) is 10.6. The summed E-state index contributed by atoms with van der Waals surface area (Å²) in [5.74, 6) is 0.296.